The van der Waals surface area contributed by atoms with Crippen LogP contribution in [-0.4, -0.2) is 28.2 Å². The first kappa shape index (κ1) is 10.2. The highest BCUT2D eigenvalue weighted by molar-refractivity contribution is 5.81. The van der Waals surface area contributed by atoms with Gasteiger partial charge in [0.15, 0.2) is 0 Å². The fraction of sp³-hybridized carbons (Fsp3) is 0.600. The van der Waals surface area contributed by atoms with Gasteiger partial charge in [-0.05, 0) is 25.8 Å². The summed E-state index contributed by atoms with van der Waals surface area (Å²) < 4.78 is 0. The molecule has 0 aromatic carbocycles. The number of H-pyrrole nitrogens is 1. The van der Waals surface area contributed by atoms with Gasteiger partial charge in [-0.1, -0.05) is 0 Å². The van der Waals surface area contributed by atoms with Gasteiger partial charge in [0.1, 0.15) is 0 Å². The van der Waals surface area contributed by atoms with E-state index in [-0.39, 0.29) is 11.9 Å². The van der Waals surface area contributed by atoms with E-state index in [9.17, 15) is 4.79 Å². The van der Waals surface area contributed by atoms with Gasteiger partial charge in [0.25, 0.3) is 0 Å². The van der Waals surface area contributed by atoms with Gasteiger partial charge in [-0.15, -0.1) is 0 Å². The summed E-state index contributed by atoms with van der Waals surface area (Å²) in [6.07, 6.45) is 3.95. The second kappa shape index (κ2) is 4.44. The molecular weight excluding hydrogens is 192 g/mol. The molecule has 0 bridgehead atoms. The number of carbonyl (C=O) groups is 1. The van der Waals surface area contributed by atoms with Crippen molar-refractivity contribution < 1.29 is 4.79 Å². The van der Waals surface area contributed by atoms with Gasteiger partial charge in [0.05, 0.1) is 6.04 Å². The third-order valence-electron chi connectivity index (χ3n) is 2.47. The Bertz CT molecular complexity index is 318. The monoisotopic (exact) mass is 208 g/mol. The molecule has 0 saturated heterocycles. The molecule has 0 radical (unpaired) electrons. The molecule has 1 unspecified atom stereocenters. The lowest BCUT2D eigenvalue weighted by molar-refractivity contribution is -0.122. The van der Waals surface area contributed by atoms with Crippen molar-refractivity contribution in [3.8, 4) is 0 Å². The molecule has 1 aliphatic carbocycles. The molecule has 1 fully saturated rings. The summed E-state index contributed by atoms with van der Waals surface area (Å²) >= 11 is 0. The van der Waals surface area contributed by atoms with Gasteiger partial charge in [-0.3, -0.25) is 9.89 Å². The average molecular weight is 208 g/mol. The highest BCUT2D eigenvalue weighted by Crippen LogP contribution is 2.18. The lowest BCUT2D eigenvalue weighted by atomic mass is 10.3. The number of hydrogen-bond acceptors (Lipinski definition) is 3. The van der Waals surface area contributed by atoms with E-state index in [1.807, 2.05) is 13.0 Å². The van der Waals surface area contributed by atoms with Crippen LogP contribution in [-0.2, 0) is 11.3 Å². The van der Waals surface area contributed by atoms with E-state index in [1.165, 1.54) is 0 Å². The van der Waals surface area contributed by atoms with Crippen molar-refractivity contribution >= 4 is 5.91 Å². The Morgan fingerprint density at radius 1 is 1.73 bits per heavy atom. The molecule has 1 atom stereocenters. The average Bonchev–Trinajstić information content (AvgIpc) is 2.88. The molecule has 0 aliphatic heterocycles. The molecule has 5 heteroatoms. The lowest BCUT2D eigenvalue weighted by Gasteiger charge is -2.12. The maximum absolute atomic E-state index is 11.6. The first-order valence-electron chi connectivity index (χ1n) is 5.27. The topological polar surface area (TPSA) is 69.8 Å². The van der Waals surface area contributed by atoms with Crippen molar-refractivity contribution in [2.75, 3.05) is 0 Å². The molecule has 1 aromatic heterocycles. The maximum Gasteiger partial charge on any atom is 0.237 e. The molecule has 1 aromatic rings. The van der Waals surface area contributed by atoms with Crippen molar-refractivity contribution in [1.29, 1.82) is 0 Å². The summed E-state index contributed by atoms with van der Waals surface area (Å²) in [5.41, 5.74) is 0.987. The van der Waals surface area contributed by atoms with Crippen LogP contribution < -0.4 is 10.6 Å². The summed E-state index contributed by atoms with van der Waals surface area (Å²) in [4.78, 5) is 11.6. The predicted molar refractivity (Wildman–Crippen MR) is 56.1 cm³/mol. The zero-order valence-electron chi connectivity index (χ0n) is 8.79. The molecule has 1 heterocycles. The Hall–Kier alpha value is -1.36. The Morgan fingerprint density at radius 3 is 3.13 bits per heavy atom. The quantitative estimate of drug-likeness (QED) is 0.646. The van der Waals surface area contributed by atoms with Crippen molar-refractivity contribution in [2.24, 2.45) is 0 Å². The number of nitrogens with one attached hydrogen (secondary N) is 3. The second-order valence-electron chi connectivity index (χ2n) is 3.97. The zero-order chi connectivity index (χ0) is 10.7. The number of carbonyl (C=O) groups excluding carboxylic acids is 1. The molecule has 1 amide bonds. The fourth-order valence-corrected chi connectivity index (χ4v) is 1.29. The van der Waals surface area contributed by atoms with Gasteiger partial charge in [-0.25, -0.2) is 0 Å². The molecule has 2 rings (SSSR count). The first-order valence-corrected chi connectivity index (χ1v) is 5.27. The van der Waals surface area contributed by atoms with E-state index in [2.05, 4.69) is 20.8 Å². The third kappa shape index (κ3) is 3.06. The molecule has 1 aliphatic rings. The molecule has 0 spiro atoms. The number of hydrogen-bond donors (Lipinski definition) is 3. The van der Waals surface area contributed by atoms with Gasteiger partial charge >= 0.3 is 0 Å². The van der Waals surface area contributed by atoms with E-state index in [4.69, 9.17) is 0 Å². The highest BCUT2D eigenvalue weighted by atomic mass is 16.2. The smallest absolute Gasteiger partial charge is 0.237 e. The number of rotatable bonds is 5. The summed E-state index contributed by atoms with van der Waals surface area (Å²) in [5.74, 6) is 0.0806. The summed E-state index contributed by atoms with van der Waals surface area (Å²) in [6, 6.07) is 2.15. The lowest BCUT2D eigenvalue weighted by Crippen LogP contribution is -2.42. The largest absolute Gasteiger partial charge is 0.352 e. The number of aromatic amines is 1. The van der Waals surface area contributed by atoms with Crippen molar-refractivity contribution in [1.82, 2.24) is 20.8 Å². The van der Waals surface area contributed by atoms with Crippen LogP contribution in [0.1, 0.15) is 25.5 Å². The van der Waals surface area contributed by atoms with Crippen molar-refractivity contribution in [3.05, 3.63) is 18.0 Å². The Morgan fingerprint density at radius 2 is 2.53 bits per heavy atom. The van der Waals surface area contributed by atoms with Gasteiger partial charge in [-0.2, -0.15) is 5.10 Å². The van der Waals surface area contributed by atoms with E-state index < -0.39 is 0 Å². The second-order valence-corrected chi connectivity index (χ2v) is 3.97. The molecule has 3 N–H and O–H groups in total. The van der Waals surface area contributed by atoms with E-state index >= 15 is 0 Å². The van der Waals surface area contributed by atoms with E-state index in [1.54, 1.807) is 6.20 Å². The Kier molecular flexibility index (Phi) is 3.01. The Balaban J connectivity index is 1.71. The van der Waals surface area contributed by atoms with Gasteiger partial charge in [0.2, 0.25) is 5.91 Å². The molecule has 5 nitrogen and oxygen atoms in total. The minimum Gasteiger partial charge on any atom is -0.352 e. The van der Waals surface area contributed by atoms with Crippen LogP contribution in [0.15, 0.2) is 12.3 Å². The summed E-state index contributed by atoms with van der Waals surface area (Å²) in [7, 11) is 0. The van der Waals surface area contributed by atoms with Crippen LogP contribution in [0.5, 0.6) is 0 Å². The van der Waals surface area contributed by atoms with Gasteiger partial charge < -0.3 is 10.6 Å². The molecular formula is C10H16N4O. The molecule has 15 heavy (non-hydrogen) atoms. The number of nitrogens with zero attached hydrogens (tertiary/aromatic N) is 1. The molecule has 82 valence electrons. The highest BCUT2D eigenvalue weighted by Gasteiger charge is 2.25. The van der Waals surface area contributed by atoms with E-state index in [0.29, 0.717) is 12.6 Å². The maximum atomic E-state index is 11.6. The van der Waals surface area contributed by atoms with Crippen LogP contribution in [0, 0.1) is 0 Å². The van der Waals surface area contributed by atoms with Crippen LogP contribution in [0.3, 0.4) is 0 Å². The van der Waals surface area contributed by atoms with Crippen LogP contribution in [0.4, 0.5) is 0 Å². The first-order chi connectivity index (χ1) is 7.25. The minimum absolute atomic E-state index is 0.0806. The molecule has 1 saturated carbocycles. The normalized spacial score (nSPS) is 17.4. The van der Waals surface area contributed by atoms with Crippen molar-refractivity contribution in [3.63, 3.8) is 0 Å². The van der Waals surface area contributed by atoms with Crippen LogP contribution in [0.2, 0.25) is 0 Å². The standard InChI is InChI=1S/C10H16N4O/c1-7(10(15)13-8-2-3-8)11-6-9-4-5-12-14-9/h4-5,7-8,11H,2-3,6H2,1H3,(H,12,14)(H,13,15). The van der Waals surface area contributed by atoms with Gasteiger partial charge in [0, 0.05) is 24.5 Å². The SMILES string of the molecule is CC(NCc1ccn[nH]1)C(=O)NC1CC1. The third-order valence-corrected chi connectivity index (χ3v) is 2.47. The zero-order valence-corrected chi connectivity index (χ0v) is 8.79. The number of amides is 1. The fourth-order valence-electron chi connectivity index (χ4n) is 1.29. The Labute approximate surface area is 88.6 Å². The summed E-state index contributed by atoms with van der Waals surface area (Å²) in [6.45, 7) is 2.51. The number of aromatic nitrogens is 2. The van der Waals surface area contributed by atoms with Crippen molar-refractivity contribution in [2.45, 2.75) is 38.4 Å². The predicted octanol–water partition coefficient (Wildman–Crippen LogP) is 0.166. The summed E-state index contributed by atoms with van der Waals surface area (Å²) in [5, 5.41) is 12.8. The minimum atomic E-state index is -0.158. The van der Waals surface area contributed by atoms with Crippen LogP contribution >= 0.6 is 0 Å². The van der Waals surface area contributed by atoms with E-state index in [0.717, 1.165) is 18.5 Å². The van der Waals surface area contributed by atoms with Crippen LogP contribution in [0.25, 0.3) is 0 Å².